The van der Waals surface area contributed by atoms with Crippen molar-refractivity contribution >= 4 is 29.2 Å². The summed E-state index contributed by atoms with van der Waals surface area (Å²) >= 11 is 5.94. The Hall–Kier alpha value is -2.53. The summed E-state index contributed by atoms with van der Waals surface area (Å²) < 4.78 is 0. The zero-order valence-corrected chi connectivity index (χ0v) is 15.9. The van der Waals surface area contributed by atoms with E-state index in [4.69, 9.17) is 11.6 Å². The van der Waals surface area contributed by atoms with Gasteiger partial charge in [0.2, 0.25) is 5.91 Å². The first-order chi connectivity index (χ1) is 13.1. The molecule has 0 unspecified atom stereocenters. The summed E-state index contributed by atoms with van der Waals surface area (Å²) in [6, 6.07) is 16.9. The van der Waals surface area contributed by atoms with E-state index in [1.807, 2.05) is 36.4 Å². The van der Waals surface area contributed by atoms with Crippen LogP contribution in [-0.4, -0.2) is 29.9 Å². The quantitative estimate of drug-likeness (QED) is 0.806. The van der Waals surface area contributed by atoms with Crippen molar-refractivity contribution in [3.63, 3.8) is 0 Å². The van der Waals surface area contributed by atoms with Crippen molar-refractivity contribution < 1.29 is 9.59 Å². The number of anilines is 1. The van der Waals surface area contributed by atoms with Crippen molar-refractivity contribution in [1.29, 1.82) is 0 Å². The normalized spacial score (nSPS) is 14.6. The Morgan fingerprint density at radius 1 is 1.04 bits per heavy atom. The van der Waals surface area contributed by atoms with E-state index in [-0.39, 0.29) is 11.9 Å². The van der Waals surface area contributed by atoms with E-state index in [1.54, 1.807) is 23.1 Å². The molecule has 1 saturated heterocycles. The molecule has 1 aliphatic rings. The van der Waals surface area contributed by atoms with Gasteiger partial charge in [-0.25, -0.2) is 4.79 Å². The zero-order chi connectivity index (χ0) is 19.1. The van der Waals surface area contributed by atoms with E-state index in [0.29, 0.717) is 42.7 Å². The zero-order valence-electron chi connectivity index (χ0n) is 15.2. The summed E-state index contributed by atoms with van der Waals surface area (Å²) in [5.41, 5.74) is 1.79. The summed E-state index contributed by atoms with van der Waals surface area (Å²) in [5.74, 6) is 0.386. The number of piperidine rings is 1. The number of hydrogen-bond acceptors (Lipinski definition) is 2. The highest BCUT2D eigenvalue weighted by Crippen LogP contribution is 2.22. The molecule has 2 aromatic rings. The summed E-state index contributed by atoms with van der Waals surface area (Å²) in [7, 11) is 0. The number of benzene rings is 2. The van der Waals surface area contributed by atoms with Gasteiger partial charge in [0.1, 0.15) is 0 Å². The molecular formula is C21H24ClN3O2. The maximum absolute atomic E-state index is 12.4. The third-order valence-electron chi connectivity index (χ3n) is 4.78. The maximum Gasteiger partial charge on any atom is 0.321 e. The van der Waals surface area contributed by atoms with E-state index in [2.05, 4.69) is 10.6 Å². The fraction of sp³-hybridized carbons (Fsp3) is 0.333. The van der Waals surface area contributed by atoms with Crippen LogP contribution in [0.3, 0.4) is 0 Å². The molecule has 142 valence electrons. The fourth-order valence-electron chi connectivity index (χ4n) is 3.24. The third kappa shape index (κ3) is 6.00. The van der Waals surface area contributed by atoms with E-state index in [0.717, 1.165) is 18.4 Å². The van der Waals surface area contributed by atoms with E-state index in [9.17, 15) is 9.59 Å². The van der Waals surface area contributed by atoms with Gasteiger partial charge >= 0.3 is 6.03 Å². The second-order valence-electron chi connectivity index (χ2n) is 6.84. The molecule has 0 atom stereocenters. The van der Waals surface area contributed by atoms with Crippen LogP contribution in [0.2, 0.25) is 5.02 Å². The molecule has 0 bridgehead atoms. The predicted molar refractivity (Wildman–Crippen MR) is 108 cm³/mol. The van der Waals surface area contributed by atoms with Gasteiger partial charge < -0.3 is 15.5 Å². The van der Waals surface area contributed by atoms with Gasteiger partial charge in [0.05, 0.1) is 0 Å². The van der Waals surface area contributed by atoms with Crippen molar-refractivity contribution in [3.8, 4) is 0 Å². The lowest BCUT2D eigenvalue weighted by Crippen LogP contribution is -2.41. The molecule has 1 heterocycles. The number of likely N-dealkylation sites (tertiary alicyclic amines) is 1. The minimum Gasteiger partial charge on any atom is -0.352 e. The monoisotopic (exact) mass is 385 g/mol. The summed E-state index contributed by atoms with van der Waals surface area (Å²) in [4.78, 5) is 26.3. The highest BCUT2D eigenvalue weighted by molar-refractivity contribution is 6.30. The van der Waals surface area contributed by atoms with Crippen LogP contribution >= 0.6 is 11.6 Å². The van der Waals surface area contributed by atoms with E-state index < -0.39 is 0 Å². The standard InChI is InChI=1S/C21H24ClN3O2/c22-18-7-4-8-19(14-18)24-21(27)25-11-9-16(10-12-25)13-20(26)23-15-17-5-2-1-3-6-17/h1-8,14,16H,9-13,15H2,(H,23,26)(H,24,27). The minimum atomic E-state index is -0.121. The molecule has 5 nitrogen and oxygen atoms in total. The molecular weight excluding hydrogens is 362 g/mol. The Labute approximate surface area is 164 Å². The highest BCUT2D eigenvalue weighted by atomic mass is 35.5. The molecule has 1 fully saturated rings. The van der Waals surface area contributed by atoms with Crippen LogP contribution in [0, 0.1) is 5.92 Å². The Balaban J connectivity index is 1.39. The number of carbonyl (C=O) groups excluding carboxylic acids is 2. The largest absolute Gasteiger partial charge is 0.352 e. The number of nitrogens with one attached hydrogen (secondary N) is 2. The summed E-state index contributed by atoms with van der Waals surface area (Å²) in [6.45, 7) is 1.87. The van der Waals surface area contributed by atoms with Gasteiger partial charge in [-0.2, -0.15) is 0 Å². The Morgan fingerprint density at radius 2 is 1.78 bits per heavy atom. The van der Waals surface area contributed by atoms with Gasteiger partial charge in [0.25, 0.3) is 0 Å². The lowest BCUT2D eigenvalue weighted by atomic mass is 9.93. The van der Waals surface area contributed by atoms with Gasteiger partial charge in [0, 0.05) is 36.8 Å². The molecule has 2 aromatic carbocycles. The molecule has 6 heteroatoms. The second kappa shape index (κ2) is 9.42. The second-order valence-corrected chi connectivity index (χ2v) is 7.27. The number of amides is 3. The number of rotatable bonds is 5. The maximum atomic E-state index is 12.4. The molecule has 27 heavy (non-hydrogen) atoms. The van der Waals surface area contributed by atoms with Crippen LogP contribution in [0.1, 0.15) is 24.8 Å². The molecule has 3 amide bonds. The fourth-order valence-corrected chi connectivity index (χ4v) is 3.43. The van der Waals surface area contributed by atoms with E-state index >= 15 is 0 Å². The third-order valence-corrected chi connectivity index (χ3v) is 5.02. The SMILES string of the molecule is O=C(CC1CCN(C(=O)Nc2cccc(Cl)c2)CC1)NCc1ccccc1. The van der Waals surface area contributed by atoms with Crippen LogP contribution in [0.15, 0.2) is 54.6 Å². The molecule has 0 aliphatic carbocycles. The van der Waals surface area contributed by atoms with Gasteiger partial charge in [-0.3, -0.25) is 4.79 Å². The molecule has 0 aromatic heterocycles. The van der Waals surface area contributed by atoms with Crippen molar-refractivity contribution in [3.05, 3.63) is 65.2 Å². The van der Waals surface area contributed by atoms with Crippen LogP contribution in [-0.2, 0) is 11.3 Å². The number of urea groups is 1. The smallest absolute Gasteiger partial charge is 0.321 e. The Kier molecular flexibility index (Phi) is 6.71. The molecule has 0 radical (unpaired) electrons. The van der Waals surface area contributed by atoms with Gasteiger partial charge in [-0.15, -0.1) is 0 Å². The first kappa shape index (κ1) is 19.2. The van der Waals surface area contributed by atoms with Crippen molar-refractivity contribution in [2.75, 3.05) is 18.4 Å². The molecule has 3 rings (SSSR count). The number of carbonyl (C=O) groups is 2. The molecule has 1 aliphatic heterocycles. The number of hydrogen-bond donors (Lipinski definition) is 2. The summed E-state index contributed by atoms with van der Waals surface area (Å²) in [6.07, 6.45) is 2.18. The average molecular weight is 386 g/mol. The molecule has 0 saturated carbocycles. The Morgan fingerprint density at radius 3 is 2.48 bits per heavy atom. The van der Waals surface area contributed by atoms with Gasteiger partial charge in [-0.05, 0) is 42.5 Å². The van der Waals surface area contributed by atoms with Crippen molar-refractivity contribution in [2.24, 2.45) is 5.92 Å². The van der Waals surface area contributed by atoms with Crippen molar-refractivity contribution in [1.82, 2.24) is 10.2 Å². The van der Waals surface area contributed by atoms with Crippen LogP contribution in [0.4, 0.5) is 10.5 Å². The first-order valence-corrected chi connectivity index (χ1v) is 9.60. The average Bonchev–Trinajstić information content (AvgIpc) is 2.68. The van der Waals surface area contributed by atoms with Crippen LogP contribution < -0.4 is 10.6 Å². The highest BCUT2D eigenvalue weighted by Gasteiger charge is 2.24. The van der Waals surface area contributed by atoms with E-state index in [1.165, 1.54) is 0 Å². The molecule has 0 spiro atoms. The number of halogens is 1. The van der Waals surface area contributed by atoms with Crippen LogP contribution in [0.5, 0.6) is 0 Å². The lowest BCUT2D eigenvalue weighted by Gasteiger charge is -2.31. The van der Waals surface area contributed by atoms with Gasteiger partial charge in [0.15, 0.2) is 0 Å². The first-order valence-electron chi connectivity index (χ1n) is 9.22. The van der Waals surface area contributed by atoms with Crippen LogP contribution in [0.25, 0.3) is 0 Å². The Bertz CT molecular complexity index is 774. The van der Waals surface area contributed by atoms with Gasteiger partial charge in [-0.1, -0.05) is 48.0 Å². The topological polar surface area (TPSA) is 61.4 Å². The lowest BCUT2D eigenvalue weighted by molar-refractivity contribution is -0.122. The number of nitrogens with zero attached hydrogens (tertiary/aromatic N) is 1. The van der Waals surface area contributed by atoms with Crippen molar-refractivity contribution in [2.45, 2.75) is 25.8 Å². The minimum absolute atomic E-state index is 0.0701. The molecule has 2 N–H and O–H groups in total. The predicted octanol–water partition coefficient (Wildman–Crippen LogP) is 4.29. The summed E-state index contributed by atoms with van der Waals surface area (Å²) in [5, 5.41) is 6.43.